The summed E-state index contributed by atoms with van der Waals surface area (Å²) in [5.74, 6) is 1.65. The van der Waals surface area contributed by atoms with Crippen molar-refractivity contribution in [1.82, 2.24) is 19.5 Å². The summed E-state index contributed by atoms with van der Waals surface area (Å²) in [6.45, 7) is 9.72. The average molecular weight is 673 g/mol. The predicted molar refractivity (Wildman–Crippen MR) is 193 cm³/mol. The Kier molecular flexibility index (Phi) is 9.22. The molecule has 3 aromatic rings. The molecular formula is C39H52N4O4S. The van der Waals surface area contributed by atoms with E-state index in [9.17, 15) is 13.8 Å². The summed E-state index contributed by atoms with van der Waals surface area (Å²) >= 11 is 0. The van der Waals surface area contributed by atoms with E-state index in [1.165, 1.54) is 35.2 Å². The third kappa shape index (κ3) is 5.68. The average Bonchev–Trinajstić information content (AvgIpc) is 3.55. The van der Waals surface area contributed by atoms with E-state index in [1.54, 1.807) is 7.11 Å². The number of amides is 2. The normalized spacial score (nSPS) is 23.0. The van der Waals surface area contributed by atoms with Gasteiger partial charge in [-0.05, 0) is 105 Å². The van der Waals surface area contributed by atoms with Gasteiger partial charge in [-0.15, -0.1) is 0 Å². The summed E-state index contributed by atoms with van der Waals surface area (Å²) in [6, 6.07) is 12.4. The van der Waals surface area contributed by atoms with Gasteiger partial charge in [-0.2, -0.15) is 0 Å². The van der Waals surface area contributed by atoms with E-state index in [4.69, 9.17) is 4.74 Å². The second-order valence-electron chi connectivity index (χ2n) is 14.8. The molecule has 258 valence electrons. The van der Waals surface area contributed by atoms with Crippen LogP contribution in [-0.2, 0) is 22.3 Å². The molecule has 48 heavy (non-hydrogen) atoms. The van der Waals surface area contributed by atoms with Crippen molar-refractivity contribution in [1.29, 1.82) is 0 Å². The molecule has 8 nitrogen and oxygen atoms in total. The third-order valence-corrected chi connectivity index (χ3v) is 13.0. The number of carbonyl (C=O) groups is 2. The molecule has 2 amide bonds. The first-order valence-electron chi connectivity index (χ1n) is 18.4. The molecule has 1 aliphatic carbocycles. The number of hydrogen-bond acceptors (Lipinski definition) is 5. The molecule has 3 atom stereocenters. The molecular weight excluding hydrogens is 621 g/mol. The van der Waals surface area contributed by atoms with Crippen LogP contribution in [0.5, 0.6) is 5.75 Å². The van der Waals surface area contributed by atoms with Gasteiger partial charge in [0.2, 0.25) is 5.91 Å². The number of hydrogen-bond donors (Lipinski definition) is 2. The van der Waals surface area contributed by atoms with E-state index >= 15 is 0 Å². The SMILES string of the molecule is CCCC(CCC)c1c2n(c3cc(C(=O)NS(=O)CCC)ccc13)CC1(C(=O)N3CCC4(CCCN4)CC3)CC1c1cc(OC)ccc1-2. The van der Waals surface area contributed by atoms with Crippen molar-refractivity contribution >= 4 is 33.7 Å². The topological polar surface area (TPSA) is 92.7 Å². The summed E-state index contributed by atoms with van der Waals surface area (Å²) in [6.07, 6.45) is 10.3. The largest absolute Gasteiger partial charge is 0.497 e. The van der Waals surface area contributed by atoms with Gasteiger partial charge in [-0.3, -0.25) is 14.3 Å². The predicted octanol–water partition coefficient (Wildman–Crippen LogP) is 7.04. The van der Waals surface area contributed by atoms with Crippen LogP contribution in [-0.4, -0.2) is 63.5 Å². The first-order chi connectivity index (χ1) is 23.3. The fraction of sp³-hybridized carbons (Fsp3) is 0.590. The second-order valence-corrected chi connectivity index (χ2v) is 16.1. The van der Waals surface area contributed by atoms with Crippen molar-refractivity contribution in [3.8, 4) is 17.0 Å². The summed E-state index contributed by atoms with van der Waals surface area (Å²) in [4.78, 5) is 30.4. The quantitative estimate of drug-likeness (QED) is 0.228. The fourth-order valence-electron chi connectivity index (χ4n) is 9.31. The minimum atomic E-state index is -1.42. The lowest BCUT2D eigenvalue weighted by atomic mass is 9.84. The van der Waals surface area contributed by atoms with Gasteiger partial charge in [0.1, 0.15) is 16.7 Å². The number of carbonyl (C=O) groups excluding carboxylic acids is 2. The molecule has 3 unspecified atom stereocenters. The minimum Gasteiger partial charge on any atom is -0.497 e. The first-order valence-corrected chi connectivity index (χ1v) is 19.7. The maximum Gasteiger partial charge on any atom is 0.263 e. The molecule has 2 aromatic carbocycles. The molecule has 0 radical (unpaired) electrons. The van der Waals surface area contributed by atoms with Crippen molar-refractivity contribution in [3.05, 3.63) is 53.1 Å². The molecule has 2 N–H and O–H groups in total. The van der Waals surface area contributed by atoms with Gasteiger partial charge in [0, 0.05) is 58.9 Å². The highest BCUT2D eigenvalue weighted by atomic mass is 32.2. The Morgan fingerprint density at radius 1 is 1.04 bits per heavy atom. The zero-order valence-electron chi connectivity index (χ0n) is 29.2. The number of aromatic nitrogens is 1. The maximum atomic E-state index is 14.8. The zero-order valence-corrected chi connectivity index (χ0v) is 30.0. The Labute approximate surface area is 287 Å². The third-order valence-electron chi connectivity index (χ3n) is 11.8. The number of fused-ring (bicyclic) bond motifs is 7. The van der Waals surface area contributed by atoms with Crippen LogP contribution < -0.4 is 14.8 Å². The van der Waals surface area contributed by atoms with Crippen LogP contribution in [0.25, 0.3) is 22.2 Å². The van der Waals surface area contributed by atoms with Crippen molar-refractivity contribution in [3.63, 3.8) is 0 Å². The van der Waals surface area contributed by atoms with Gasteiger partial charge >= 0.3 is 0 Å². The zero-order chi connectivity index (χ0) is 33.6. The number of methoxy groups -OCH3 is 1. The monoisotopic (exact) mass is 672 g/mol. The van der Waals surface area contributed by atoms with Gasteiger partial charge in [0.05, 0.1) is 18.2 Å². The van der Waals surface area contributed by atoms with Gasteiger partial charge in [-0.25, -0.2) is 4.21 Å². The van der Waals surface area contributed by atoms with Gasteiger partial charge in [-0.1, -0.05) is 39.7 Å². The lowest BCUT2D eigenvalue weighted by Gasteiger charge is -2.41. The van der Waals surface area contributed by atoms with Crippen molar-refractivity contribution in [2.24, 2.45) is 5.41 Å². The van der Waals surface area contributed by atoms with Crippen molar-refractivity contribution < 1.29 is 18.5 Å². The molecule has 9 heteroatoms. The van der Waals surface area contributed by atoms with Crippen LogP contribution in [0, 0.1) is 5.41 Å². The summed E-state index contributed by atoms with van der Waals surface area (Å²) in [5, 5.41) is 4.91. The van der Waals surface area contributed by atoms with Crippen LogP contribution in [0.3, 0.4) is 0 Å². The molecule has 1 spiro atoms. The second kappa shape index (κ2) is 13.3. The van der Waals surface area contributed by atoms with Crippen molar-refractivity contribution in [2.75, 3.05) is 32.5 Å². The molecule has 0 bridgehead atoms. The van der Waals surface area contributed by atoms with Gasteiger partial charge in [0.25, 0.3) is 5.91 Å². The molecule has 7 rings (SSSR count). The van der Waals surface area contributed by atoms with E-state index in [2.05, 4.69) is 57.6 Å². The molecule has 3 aliphatic heterocycles. The highest BCUT2D eigenvalue weighted by molar-refractivity contribution is 7.83. The van der Waals surface area contributed by atoms with E-state index < -0.39 is 16.4 Å². The summed E-state index contributed by atoms with van der Waals surface area (Å²) < 4.78 is 23.4. The van der Waals surface area contributed by atoms with Crippen LogP contribution >= 0.6 is 0 Å². The molecule has 4 heterocycles. The van der Waals surface area contributed by atoms with E-state index in [-0.39, 0.29) is 23.3 Å². The summed E-state index contributed by atoms with van der Waals surface area (Å²) in [5.41, 5.74) is 6.04. The van der Waals surface area contributed by atoms with Gasteiger partial charge in [0.15, 0.2) is 0 Å². The van der Waals surface area contributed by atoms with E-state index in [0.717, 1.165) is 87.7 Å². The maximum absolute atomic E-state index is 14.8. The van der Waals surface area contributed by atoms with Crippen LogP contribution in [0.15, 0.2) is 36.4 Å². The van der Waals surface area contributed by atoms with Crippen LogP contribution in [0.1, 0.15) is 118 Å². The smallest absolute Gasteiger partial charge is 0.263 e. The Balaban J connectivity index is 1.38. The van der Waals surface area contributed by atoms with Crippen LogP contribution in [0.4, 0.5) is 0 Å². The highest BCUT2D eigenvalue weighted by Gasteiger charge is 2.64. The minimum absolute atomic E-state index is 0.108. The molecule has 3 fully saturated rings. The Morgan fingerprint density at radius 3 is 2.48 bits per heavy atom. The van der Waals surface area contributed by atoms with Gasteiger partial charge < -0.3 is 19.5 Å². The highest BCUT2D eigenvalue weighted by Crippen LogP contribution is 2.66. The lowest BCUT2D eigenvalue weighted by Crippen LogP contribution is -2.53. The number of ether oxygens (including phenoxy) is 1. The number of likely N-dealkylation sites (tertiary alicyclic amines) is 1. The summed E-state index contributed by atoms with van der Waals surface area (Å²) in [7, 11) is 0.293. The van der Waals surface area contributed by atoms with E-state index in [0.29, 0.717) is 23.8 Å². The Bertz CT molecular complexity index is 1730. The first kappa shape index (κ1) is 33.3. The number of piperidine rings is 1. The Hall–Kier alpha value is -3.17. The molecule has 1 saturated carbocycles. The fourth-order valence-corrected chi connectivity index (χ4v) is 10.1. The molecule has 4 aliphatic rings. The number of nitrogens with zero attached hydrogens (tertiary/aromatic N) is 2. The molecule has 2 saturated heterocycles. The number of nitrogens with one attached hydrogen (secondary N) is 2. The van der Waals surface area contributed by atoms with Crippen LogP contribution in [0.2, 0.25) is 0 Å². The number of benzene rings is 2. The molecule has 1 aromatic heterocycles. The van der Waals surface area contributed by atoms with Crippen molar-refractivity contribution in [2.45, 2.75) is 109 Å². The van der Waals surface area contributed by atoms with E-state index in [1.807, 2.05) is 19.1 Å². The standard InChI is InChI=1S/C39H52N4O4S/c1-5-9-26(10-6-2)34-30-13-11-27(36(44)41-48(46)21-7-3)22-33(30)43-25-39(37(45)42-19-16-38(17-20-42)15-8-18-40-38)24-32(39)31-23-28(47-4)12-14-29(31)35(34)43/h11-14,22-23,26,32,40H,5-10,15-21,24-25H2,1-4H3,(H,41,44). The lowest BCUT2D eigenvalue weighted by molar-refractivity contribution is -0.139. The number of rotatable bonds is 11. The Morgan fingerprint density at radius 2 is 1.81 bits per heavy atom.